The summed E-state index contributed by atoms with van der Waals surface area (Å²) in [7, 11) is 0. The molecule has 0 saturated carbocycles. The van der Waals surface area contributed by atoms with Gasteiger partial charge in [0.2, 0.25) is 5.91 Å². The number of nitrogens with one attached hydrogen (secondary N) is 1. The number of thioether (sulfide) groups is 1. The molecular formula is C20H18N4O2S. The van der Waals surface area contributed by atoms with Crippen molar-refractivity contribution in [2.45, 2.75) is 31.2 Å². The van der Waals surface area contributed by atoms with Crippen LogP contribution in [0.4, 0.5) is 5.69 Å². The lowest BCUT2D eigenvalue weighted by Gasteiger charge is -2.24. The molecule has 0 unspecified atom stereocenters. The zero-order valence-corrected chi connectivity index (χ0v) is 15.6. The molecule has 0 fully saturated rings. The molecule has 0 radical (unpaired) electrons. The second-order valence-electron chi connectivity index (χ2n) is 6.81. The Morgan fingerprint density at radius 3 is 2.93 bits per heavy atom. The van der Waals surface area contributed by atoms with Gasteiger partial charge in [-0.25, -0.2) is 4.98 Å². The third-order valence-corrected chi connectivity index (χ3v) is 6.13. The summed E-state index contributed by atoms with van der Waals surface area (Å²) in [5, 5.41) is 5.87. The Morgan fingerprint density at radius 2 is 2.11 bits per heavy atom. The third kappa shape index (κ3) is 2.53. The van der Waals surface area contributed by atoms with Gasteiger partial charge in [-0.15, -0.1) is 0 Å². The highest BCUT2D eigenvalue weighted by Crippen LogP contribution is 2.38. The summed E-state index contributed by atoms with van der Waals surface area (Å²) in [6.07, 6.45) is 1.98. The van der Waals surface area contributed by atoms with Gasteiger partial charge >= 0.3 is 0 Å². The smallest absolute Gasteiger partial charge is 0.259 e. The topological polar surface area (TPSA) is 67.2 Å². The van der Waals surface area contributed by atoms with Gasteiger partial charge < -0.3 is 9.88 Å². The molecule has 6 nitrogen and oxygen atoms in total. The van der Waals surface area contributed by atoms with E-state index in [-0.39, 0.29) is 11.8 Å². The van der Waals surface area contributed by atoms with Gasteiger partial charge in [0, 0.05) is 29.4 Å². The first-order valence-electron chi connectivity index (χ1n) is 8.95. The predicted molar refractivity (Wildman–Crippen MR) is 105 cm³/mol. The van der Waals surface area contributed by atoms with Gasteiger partial charge in [-0.2, -0.15) is 0 Å². The summed E-state index contributed by atoms with van der Waals surface area (Å²) < 4.78 is 2.11. The Labute approximate surface area is 160 Å². The lowest BCUT2D eigenvalue weighted by Crippen LogP contribution is -2.46. The number of fused-ring (bicyclic) bond motifs is 1. The second kappa shape index (κ2) is 6.13. The number of carbonyl (C=O) groups excluding carboxylic acids is 2. The summed E-state index contributed by atoms with van der Waals surface area (Å²) in [6.45, 7) is 3.09. The van der Waals surface area contributed by atoms with Crippen LogP contribution in [0.3, 0.4) is 0 Å². The Morgan fingerprint density at radius 1 is 1.30 bits per heavy atom. The van der Waals surface area contributed by atoms with Crippen LogP contribution in [0.25, 0.3) is 10.8 Å². The molecule has 0 aliphatic carbocycles. The van der Waals surface area contributed by atoms with Crippen molar-refractivity contribution in [1.82, 2.24) is 14.9 Å². The average Bonchev–Trinajstić information content (AvgIpc) is 3.34. The number of anilines is 1. The molecular weight excluding hydrogens is 360 g/mol. The standard InChI is InChI=1S/C20H18N4O2S/c1-12(18(25)21-10-14-11-23-8-9-27-20(23)22-14)24-16-7-3-5-13-4-2-6-15(17(13)16)19(24)26/h2-7,11-12H,8-10H2,1H3,(H,21,25)/t12-/m0/s1. The van der Waals surface area contributed by atoms with Gasteiger partial charge in [0.1, 0.15) is 6.04 Å². The van der Waals surface area contributed by atoms with Crippen LogP contribution in [0, 0.1) is 0 Å². The van der Waals surface area contributed by atoms with Crippen LogP contribution in [-0.2, 0) is 17.9 Å². The van der Waals surface area contributed by atoms with E-state index in [1.165, 1.54) is 0 Å². The number of amides is 2. The maximum Gasteiger partial charge on any atom is 0.259 e. The Hall–Kier alpha value is -2.80. The lowest BCUT2D eigenvalue weighted by atomic mass is 10.1. The molecule has 2 aromatic carbocycles. The summed E-state index contributed by atoms with van der Waals surface area (Å²) in [6, 6.07) is 10.9. The van der Waals surface area contributed by atoms with Gasteiger partial charge in [0.25, 0.3) is 5.91 Å². The van der Waals surface area contributed by atoms with E-state index in [1.54, 1.807) is 23.6 Å². The molecule has 3 aromatic rings. The highest BCUT2D eigenvalue weighted by Gasteiger charge is 2.35. The molecule has 2 aliphatic rings. The minimum Gasteiger partial charge on any atom is -0.349 e. The molecule has 136 valence electrons. The number of aromatic nitrogens is 2. The van der Waals surface area contributed by atoms with E-state index in [2.05, 4.69) is 14.9 Å². The van der Waals surface area contributed by atoms with E-state index in [9.17, 15) is 9.59 Å². The lowest BCUT2D eigenvalue weighted by molar-refractivity contribution is -0.122. The third-order valence-electron chi connectivity index (χ3n) is 5.16. The van der Waals surface area contributed by atoms with E-state index in [1.807, 2.05) is 42.6 Å². The minimum absolute atomic E-state index is 0.123. The van der Waals surface area contributed by atoms with E-state index in [0.29, 0.717) is 12.1 Å². The molecule has 27 heavy (non-hydrogen) atoms. The number of aryl methyl sites for hydroxylation is 1. The number of hydrogen-bond donors (Lipinski definition) is 1. The summed E-state index contributed by atoms with van der Waals surface area (Å²) in [5.74, 6) is 0.741. The number of nitrogens with zero attached hydrogens (tertiary/aromatic N) is 3. The van der Waals surface area contributed by atoms with Crippen molar-refractivity contribution in [1.29, 1.82) is 0 Å². The number of benzene rings is 2. The van der Waals surface area contributed by atoms with Crippen LogP contribution >= 0.6 is 11.8 Å². The molecule has 2 amide bonds. The van der Waals surface area contributed by atoms with Gasteiger partial charge in [-0.05, 0) is 24.4 Å². The van der Waals surface area contributed by atoms with E-state index in [0.717, 1.165) is 39.6 Å². The monoisotopic (exact) mass is 378 g/mol. The molecule has 7 heteroatoms. The van der Waals surface area contributed by atoms with Crippen molar-refractivity contribution >= 4 is 40.0 Å². The van der Waals surface area contributed by atoms with Crippen molar-refractivity contribution in [3.8, 4) is 0 Å². The van der Waals surface area contributed by atoms with E-state index < -0.39 is 6.04 Å². The number of rotatable bonds is 4. The molecule has 0 saturated heterocycles. The van der Waals surface area contributed by atoms with Crippen LogP contribution in [0.5, 0.6) is 0 Å². The largest absolute Gasteiger partial charge is 0.349 e. The molecule has 1 atom stereocenters. The molecule has 2 aliphatic heterocycles. The van der Waals surface area contributed by atoms with Crippen molar-refractivity contribution in [2.24, 2.45) is 0 Å². The molecule has 3 heterocycles. The maximum absolute atomic E-state index is 12.9. The normalized spacial score (nSPS) is 16.0. The zero-order chi connectivity index (χ0) is 18.5. The number of carbonyl (C=O) groups is 2. The molecule has 1 N–H and O–H groups in total. The average molecular weight is 378 g/mol. The SMILES string of the molecule is C[C@@H](C(=O)NCc1cn2c(n1)SCC2)N1C(=O)c2cccc3cccc1c23. The number of hydrogen-bond acceptors (Lipinski definition) is 4. The Kier molecular flexibility index (Phi) is 3.72. The molecule has 0 bridgehead atoms. The quantitative estimate of drug-likeness (QED) is 0.758. The number of imidazole rings is 1. The fraction of sp³-hybridized carbons (Fsp3) is 0.250. The van der Waals surface area contributed by atoms with Gasteiger partial charge in [0.15, 0.2) is 5.16 Å². The van der Waals surface area contributed by atoms with Gasteiger partial charge in [-0.1, -0.05) is 36.0 Å². The first kappa shape index (κ1) is 16.4. The van der Waals surface area contributed by atoms with E-state index in [4.69, 9.17) is 0 Å². The summed E-state index contributed by atoms with van der Waals surface area (Å²) in [5.41, 5.74) is 2.30. The van der Waals surface area contributed by atoms with E-state index >= 15 is 0 Å². The van der Waals surface area contributed by atoms with Gasteiger partial charge in [-0.3, -0.25) is 14.5 Å². The fourth-order valence-corrected chi connectivity index (χ4v) is 4.78. The van der Waals surface area contributed by atoms with Crippen LogP contribution < -0.4 is 10.2 Å². The van der Waals surface area contributed by atoms with Crippen LogP contribution in [0.15, 0.2) is 47.8 Å². The fourth-order valence-electron chi connectivity index (χ4n) is 3.81. The predicted octanol–water partition coefficient (Wildman–Crippen LogP) is 2.81. The van der Waals surface area contributed by atoms with Crippen LogP contribution in [-0.4, -0.2) is 33.2 Å². The Balaban J connectivity index is 1.36. The molecule has 1 aromatic heterocycles. The highest BCUT2D eigenvalue weighted by molar-refractivity contribution is 7.99. The highest BCUT2D eigenvalue weighted by atomic mass is 32.2. The van der Waals surface area contributed by atoms with Crippen LogP contribution in [0.1, 0.15) is 23.0 Å². The summed E-state index contributed by atoms with van der Waals surface area (Å²) in [4.78, 5) is 31.8. The summed E-state index contributed by atoms with van der Waals surface area (Å²) >= 11 is 1.73. The van der Waals surface area contributed by atoms with Crippen LogP contribution in [0.2, 0.25) is 0 Å². The first-order valence-corrected chi connectivity index (χ1v) is 9.94. The van der Waals surface area contributed by atoms with Crippen molar-refractivity contribution in [2.75, 3.05) is 10.7 Å². The maximum atomic E-state index is 12.9. The Bertz CT molecular complexity index is 1060. The second-order valence-corrected chi connectivity index (χ2v) is 7.87. The zero-order valence-electron chi connectivity index (χ0n) is 14.8. The van der Waals surface area contributed by atoms with Crippen molar-refractivity contribution in [3.05, 3.63) is 53.9 Å². The van der Waals surface area contributed by atoms with Crippen molar-refractivity contribution in [3.63, 3.8) is 0 Å². The van der Waals surface area contributed by atoms with Gasteiger partial charge in [0.05, 0.1) is 17.9 Å². The molecule has 0 spiro atoms. The van der Waals surface area contributed by atoms with Crippen molar-refractivity contribution < 1.29 is 9.59 Å². The molecule has 5 rings (SSSR count). The minimum atomic E-state index is -0.598. The first-order chi connectivity index (χ1) is 13.1.